The highest BCUT2D eigenvalue weighted by Gasteiger charge is 2.27. The third kappa shape index (κ3) is 7.18. The van der Waals surface area contributed by atoms with E-state index < -0.39 is 0 Å². The van der Waals surface area contributed by atoms with E-state index in [9.17, 15) is 0 Å². The number of aryl methyl sites for hydroxylation is 1. The molecule has 7 heteroatoms. The minimum Gasteiger partial charge on any atom is -0.493 e. The van der Waals surface area contributed by atoms with Gasteiger partial charge >= 0.3 is 0 Å². The maximum absolute atomic E-state index is 5.69. The summed E-state index contributed by atoms with van der Waals surface area (Å²) in [5.74, 6) is 3.46. The molecule has 1 aromatic rings. The summed E-state index contributed by atoms with van der Waals surface area (Å²) >= 11 is 0. The average Bonchev–Trinajstić information content (AvgIpc) is 3.41. The van der Waals surface area contributed by atoms with Crippen LogP contribution in [0.2, 0.25) is 0 Å². The number of hydrogen-bond donors (Lipinski definition) is 1. The highest BCUT2D eigenvalue weighted by Crippen LogP contribution is 2.28. The normalized spacial score (nSPS) is 19.6. The topological polar surface area (TPSA) is 49.3 Å². The van der Waals surface area contributed by atoms with E-state index in [4.69, 9.17) is 9.47 Å². The Balaban J connectivity index is 0.00000320. The molecule has 30 heavy (non-hydrogen) atoms. The van der Waals surface area contributed by atoms with Crippen molar-refractivity contribution in [3.05, 3.63) is 23.8 Å². The quantitative estimate of drug-likeness (QED) is 0.229. The molecule has 0 amide bonds. The van der Waals surface area contributed by atoms with E-state index in [1.54, 1.807) is 7.11 Å². The molecule has 2 aliphatic rings. The molecule has 0 aromatic heterocycles. The molecule has 2 heterocycles. The molecule has 0 bridgehead atoms. The lowest BCUT2D eigenvalue weighted by Crippen LogP contribution is -2.41. The van der Waals surface area contributed by atoms with Gasteiger partial charge in [-0.2, -0.15) is 0 Å². The van der Waals surface area contributed by atoms with Gasteiger partial charge in [0.05, 0.1) is 13.7 Å². The van der Waals surface area contributed by atoms with E-state index in [0.717, 1.165) is 55.9 Å². The molecule has 1 atom stereocenters. The number of hydrogen-bond acceptors (Lipinski definition) is 4. The van der Waals surface area contributed by atoms with Crippen LogP contribution < -0.4 is 14.8 Å². The minimum absolute atomic E-state index is 0. The summed E-state index contributed by atoms with van der Waals surface area (Å²) < 4.78 is 11.1. The van der Waals surface area contributed by atoms with Crippen LogP contribution in [-0.4, -0.2) is 75.8 Å². The van der Waals surface area contributed by atoms with Crippen molar-refractivity contribution in [2.75, 3.05) is 60.0 Å². The van der Waals surface area contributed by atoms with Crippen molar-refractivity contribution >= 4 is 29.9 Å². The first-order chi connectivity index (χ1) is 14.2. The molecule has 0 saturated carbocycles. The number of methoxy groups -OCH3 is 1. The average molecular weight is 530 g/mol. The predicted octanol–water partition coefficient (Wildman–Crippen LogP) is 3.64. The summed E-state index contributed by atoms with van der Waals surface area (Å²) in [7, 11) is 3.58. The van der Waals surface area contributed by atoms with Gasteiger partial charge < -0.3 is 24.6 Å². The number of likely N-dealkylation sites (tertiary alicyclic amines) is 2. The Morgan fingerprint density at radius 1 is 1.20 bits per heavy atom. The van der Waals surface area contributed by atoms with Crippen molar-refractivity contribution in [1.82, 2.24) is 15.1 Å². The van der Waals surface area contributed by atoms with Gasteiger partial charge in [-0.15, -0.1) is 24.0 Å². The fourth-order valence-electron chi connectivity index (χ4n) is 4.47. The van der Waals surface area contributed by atoms with Crippen LogP contribution in [0.5, 0.6) is 11.5 Å². The van der Waals surface area contributed by atoms with Gasteiger partial charge in [-0.05, 0) is 75.7 Å². The second-order valence-electron chi connectivity index (χ2n) is 8.10. The van der Waals surface area contributed by atoms with Gasteiger partial charge in [-0.25, -0.2) is 0 Å². The SMILES string of the molecule is CCOc1cc(CCCNC(=NC)N2CCC(CN3CCCC3)C2)ccc1OC.I. The van der Waals surface area contributed by atoms with Crippen molar-refractivity contribution in [2.24, 2.45) is 10.9 Å². The van der Waals surface area contributed by atoms with Gasteiger partial charge in [0.15, 0.2) is 17.5 Å². The molecule has 1 aromatic carbocycles. The fraction of sp³-hybridized carbons (Fsp3) is 0.696. The van der Waals surface area contributed by atoms with Crippen LogP contribution in [0.1, 0.15) is 38.2 Å². The van der Waals surface area contributed by atoms with Crippen LogP contribution >= 0.6 is 24.0 Å². The van der Waals surface area contributed by atoms with Gasteiger partial charge in [0.2, 0.25) is 0 Å². The Morgan fingerprint density at radius 2 is 2.00 bits per heavy atom. The lowest BCUT2D eigenvalue weighted by atomic mass is 10.1. The number of nitrogens with one attached hydrogen (secondary N) is 1. The lowest BCUT2D eigenvalue weighted by molar-refractivity contribution is 0.281. The first-order valence-electron chi connectivity index (χ1n) is 11.2. The molecule has 0 aliphatic carbocycles. The van der Waals surface area contributed by atoms with Crippen molar-refractivity contribution in [2.45, 2.75) is 39.0 Å². The summed E-state index contributed by atoms with van der Waals surface area (Å²) in [5, 5.41) is 3.56. The predicted molar refractivity (Wildman–Crippen MR) is 135 cm³/mol. The summed E-state index contributed by atoms with van der Waals surface area (Å²) in [5.41, 5.74) is 1.28. The molecule has 170 valence electrons. The summed E-state index contributed by atoms with van der Waals surface area (Å²) in [6, 6.07) is 6.22. The van der Waals surface area contributed by atoms with Crippen molar-refractivity contribution in [3.63, 3.8) is 0 Å². The number of halogens is 1. The van der Waals surface area contributed by atoms with E-state index in [-0.39, 0.29) is 24.0 Å². The Hall–Kier alpha value is -1.22. The van der Waals surface area contributed by atoms with Gasteiger partial charge in [0.25, 0.3) is 0 Å². The Kier molecular flexibility index (Phi) is 11.1. The zero-order chi connectivity index (χ0) is 20.5. The summed E-state index contributed by atoms with van der Waals surface area (Å²) in [6.07, 6.45) is 6.09. The molecule has 3 rings (SSSR count). The van der Waals surface area contributed by atoms with Crippen molar-refractivity contribution < 1.29 is 9.47 Å². The van der Waals surface area contributed by atoms with Crippen molar-refractivity contribution in [1.29, 1.82) is 0 Å². The smallest absolute Gasteiger partial charge is 0.193 e. The molecule has 0 radical (unpaired) electrons. The Bertz CT molecular complexity index is 665. The highest BCUT2D eigenvalue weighted by atomic mass is 127. The van der Waals surface area contributed by atoms with Crippen LogP contribution in [0.4, 0.5) is 0 Å². The highest BCUT2D eigenvalue weighted by molar-refractivity contribution is 14.0. The number of ether oxygens (including phenoxy) is 2. The van der Waals surface area contributed by atoms with E-state index in [1.165, 1.54) is 44.5 Å². The lowest BCUT2D eigenvalue weighted by Gasteiger charge is -2.23. The molecule has 0 spiro atoms. The minimum atomic E-state index is 0. The third-order valence-electron chi connectivity index (χ3n) is 5.97. The number of nitrogens with zero attached hydrogens (tertiary/aromatic N) is 3. The molecule has 2 saturated heterocycles. The third-order valence-corrected chi connectivity index (χ3v) is 5.97. The number of aliphatic imine (C=N–C) groups is 1. The van der Waals surface area contributed by atoms with Gasteiger partial charge in [-0.1, -0.05) is 6.07 Å². The zero-order valence-corrected chi connectivity index (χ0v) is 21.2. The van der Waals surface area contributed by atoms with Crippen LogP contribution in [0.15, 0.2) is 23.2 Å². The number of guanidine groups is 1. The van der Waals surface area contributed by atoms with Gasteiger partial charge in [0.1, 0.15) is 0 Å². The number of rotatable bonds is 9. The largest absolute Gasteiger partial charge is 0.493 e. The first kappa shape index (κ1) is 25.0. The Labute approximate surface area is 199 Å². The molecule has 1 N–H and O–H groups in total. The standard InChI is InChI=1S/C23H38N4O2.HI/c1-4-29-22-16-19(9-10-21(22)28-3)8-7-12-25-23(24-2)27-15-11-20(18-27)17-26-13-5-6-14-26;/h9-10,16,20H,4-8,11-15,17-18H2,1-3H3,(H,24,25);1H. The second kappa shape index (κ2) is 13.2. The van der Waals surface area contributed by atoms with Crippen LogP contribution in [0.25, 0.3) is 0 Å². The number of benzene rings is 1. The van der Waals surface area contributed by atoms with E-state index in [2.05, 4.69) is 32.2 Å². The maximum Gasteiger partial charge on any atom is 0.193 e. The van der Waals surface area contributed by atoms with E-state index in [0.29, 0.717) is 6.61 Å². The molecule has 2 fully saturated rings. The zero-order valence-electron chi connectivity index (χ0n) is 18.9. The molecule has 2 aliphatic heterocycles. The van der Waals surface area contributed by atoms with E-state index >= 15 is 0 Å². The monoisotopic (exact) mass is 530 g/mol. The van der Waals surface area contributed by atoms with Crippen molar-refractivity contribution in [3.8, 4) is 11.5 Å². The Morgan fingerprint density at radius 3 is 2.70 bits per heavy atom. The van der Waals surface area contributed by atoms with Crippen LogP contribution in [0.3, 0.4) is 0 Å². The molecule has 1 unspecified atom stereocenters. The van der Waals surface area contributed by atoms with Crippen LogP contribution in [-0.2, 0) is 6.42 Å². The van der Waals surface area contributed by atoms with Gasteiger partial charge in [0, 0.05) is 33.2 Å². The summed E-state index contributed by atoms with van der Waals surface area (Å²) in [6.45, 7) is 9.66. The van der Waals surface area contributed by atoms with Crippen LogP contribution in [0, 0.1) is 5.92 Å². The maximum atomic E-state index is 5.69. The fourth-order valence-corrected chi connectivity index (χ4v) is 4.47. The van der Waals surface area contributed by atoms with E-state index in [1.807, 2.05) is 20.0 Å². The second-order valence-corrected chi connectivity index (χ2v) is 8.10. The molecular formula is C23H39IN4O2. The van der Waals surface area contributed by atoms with Gasteiger partial charge in [-0.3, -0.25) is 4.99 Å². The summed E-state index contributed by atoms with van der Waals surface area (Å²) in [4.78, 5) is 9.59. The molecular weight excluding hydrogens is 491 g/mol. The first-order valence-corrected chi connectivity index (χ1v) is 11.2. The molecule has 6 nitrogen and oxygen atoms in total.